The van der Waals surface area contributed by atoms with Gasteiger partial charge in [-0.2, -0.15) is 0 Å². The fourth-order valence-electron chi connectivity index (χ4n) is 1.10. The van der Waals surface area contributed by atoms with E-state index in [-0.39, 0.29) is 17.5 Å². The average molecular weight is 209 g/mol. The van der Waals surface area contributed by atoms with E-state index >= 15 is 0 Å². The van der Waals surface area contributed by atoms with Crippen LogP contribution in [-0.4, -0.2) is 16.8 Å². The SMILES string of the molecule is Cc1nc(C(=O)NNC(=O)C2CC2)co1. The Balaban J connectivity index is 1.84. The molecule has 2 N–H and O–H groups in total. The molecule has 1 saturated carbocycles. The number of aromatic nitrogens is 1. The maximum atomic E-state index is 11.4. The van der Waals surface area contributed by atoms with Crippen molar-refractivity contribution in [3.63, 3.8) is 0 Å². The molecule has 6 heteroatoms. The van der Waals surface area contributed by atoms with Crippen molar-refractivity contribution in [2.75, 3.05) is 0 Å². The van der Waals surface area contributed by atoms with E-state index in [9.17, 15) is 9.59 Å². The third-order valence-electron chi connectivity index (χ3n) is 2.10. The quantitative estimate of drug-likeness (QED) is 0.679. The molecule has 0 bridgehead atoms. The molecule has 0 spiro atoms. The highest BCUT2D eigenvalue weighted by Crippen LogP contribution is 2.28. The van der Waals surface area contributed by atoms with E-state index in [4.69, 9.17) is 4.42 Å². The summed E-state index contributed by atoms with van der Waals surface area (Å²) >= 11 is 0. The normalized spacial score (nSPS) is 14.7. The summed E-state index contributed by atoms with van der Waals surface area (Å²) in [5.74, 6) is -0.151. The molecule has 1 aliphatic carbocycles. The van der Waals surface area contributed by atoms with Crippen molar-refractivity contribution in [1.29, 1.82) is 0 Å². The number of nitrogens with one attached hydrogen (secondary N) is 2. The van der Waals surface area contributed by atoms with Gasteiger partial charge in [0.1, 0.15) is 6.26 Å². The summed E-state index contributed by atoms with van der Waals surface area (Å²) in [5, 5.41) is 0. The smallest absolute Gasteiger partial charge is 0.291 e. The number of amides is 2. The van der Waals surface area contributed by atoms with E-state index in [0.29, 0.717) is 5.89 Å². The zero-order valence-corrected chi connectivity index (χ0v) is 8.24. The fraction of sp³-hybridized carbons (Fsp3) is 0.444. The Morgan fingerprint density at radius 1 is 1.47 bits per heavy atom. The second-order valence-electron chi connectivity index (χ2n) is 3.47. The molecule has 1 heterocycles. The zero-order valence-electron chi connectivity index (χ0n) is 8.24. The number of aryl methyl sites for hydroxylation is 1. The molecule has 2 amide bonds. The molecule has 1 aromatic heterocycles. The lowest BCUT2D eigenvalue weighted by molar-refractivity contribution is -0.123. The van der Waals surface area contributed by atoms with E-state index in [2.05, 4.69) is 15.8 Å². The van der Waals surface area contributed by atoms with Crippen molar-refractivity contribution in [3.05, 3.63) is 17.8 Å². The van der Waals surface area contributed by atoms with Gasteiger partial charge in [0.15, 0.2) is 11.6 Å². The van der Waals surface area contributed by atoms with E-state index < -0.39 is 5.91 Å². The number of hydrogen-bond acceptors (Lipinski definition) is 4. The van der Waals surface area contributed by atoms with Crippen LogP contribution in [0.4, 0.5) is 0 Å². The monoisotopic (exact) mass is 209 g/mol. The number of oxazole rings is 1. The van der Waals surface area contributed by atoms with Crippen molar-refractivity contribution in [1.82, 2.24) is 15.8 Å². The van der Waals surface area contributed by atoms with Gasteiger partial charge in [-0.15, -0.1) is 0 Å². The standard InChI is InChI=1S/C9H11N3O3/c1-5-10-7(4-15-5)9(14)12-11-8(13)6-2-3-6/h4,6H,2-3H2,1H3,(H,11,13)(H,12,14). The summed E-state index contributed by atoms with van der Waals surface area (Å²) in [6.45, 7) is 1.64. The number of nitrogens with zero attached hydrogens (tertiary/aromatic N) is 1. The molecule has 0 atom stereocenters. The summed E-state index contributed by atoms with van der Waals surface area (Å²) in [4.78, 5) is 26.4. The average Bonchev–Trinajstić information content (AvgIpc) is 2.97. The number of rotatable bonds is 2. The Kier molecular flexibility index (Phi) is 2.40. The van der Waals surface area contributed by atoms with Gasteiger partial charge in [-0.05, 0) is 12.8 Å². The van der Waals surface area contributed by atoms with Crippen LogP contribution in [-0.2, 0) is 4.79 Å². The minimum absolute atomic E-state index is 0.0596. The predicted molar refractivity (Wildman–Crippen MR) is 49.6 cm³/mol. The molecule has 2 rings (SSSR count). The molecule has 0 radical (unpaired) electrons. The van der Waals surface area contributed by atoms with Gasteiger partial charge in [0.2, 0.25) is 5.91 Å². The van der Waals surface area contributed by atoms with Crippen LogP contribution in [0.15, 0.2) is 10.7 Å². The number of hydrazine groups is 1. The summed E-state index contributed by atoms with van der Waals surface area (Å²) < 4.78 is 4.87. The van der Waals surface area contributed by atoms with Gasteiger partial charge >= 0.3 is 0 Å². The van der Waals surface area contributed by atoms with E-state index in [1.807, 2.05) is 0 Å². The second-order valence-corrected chi connectivity index (χ2v) is 3.47. The van der Waals surface area contributed by atoms with Gasteiger partial charge in [-0.1, -0.05) is 0 Å². The first-order valence-corrected chi connectivity index (χ1v) is 4.69. The Bertz CT molecular complexity index is 395. The minimum atomic E-state index is -0.471. The van der Waals surface area contributed by atoms with Crippen LogP contribution < -0.4 is 10.9 Å². The summed E-state index contributed by atoms with van der Waals surface area (Å²) in [6.07, 6.45) is 3.03. The molecule has 15 heavy (non-hydrogen) atoms. The number of hydrogen-bond donors (Lipinski definition) is 2. The van der Waals surface area contributed by atoms with Crippen LogP contribution in [0.2, 0.25) is 0 Å². The van der Waals surface area contributed by atoms with Crippen LogP contribution in [0.1, 0.15) is 29.2 Å². The molecular weight excluding hydrogens is 198 g/mol. The van der Waals surface area contributed by atoms with Crippen molar-refractivity contribution in [2.45, 2.75) is 19.8 Å². The molecule has 80 valence electrons. The molecule has 1 fully saturated rings. The lowest BCUT2D eigenvalue weighted by Gasteiger charge is -2.03. The van der Waals surface area contributed by atoms with Crippen LogP contribution in [0, 0.1) is 12.8 Å². The van der Waals surface area contributed by atoms with Gasteiger partial charge < -0.3 is 4.42 Å². The van der Waals surface area contributed by atoms with Gasteiger partial charge in [-0.3, -0.25) is 20.4 Å². The number of carbonyl (C=O) groups excluding carboxylic acids is 2. The topological polar surface area (TPSA) is 84.2 Å². The Morgan fingerprint density at radius 2 is 2.20 bits per heavy atom. The first-order valence-electron chi connectivity index (χ1n) is 4.69. The van der Waals surface area contributed by atoms with Crippen molar-refractivity contribution < 1.29 is 14.0 Å². The molecule has 0 saturated heterocycles. The van der Waals surface area contributed by atoms with Crippen LogP contribution in [0.25, 0.3) is 0 Å². The van der Waals surface area contributed by atoms with Crippen LogP contribution in [0.5, 0.6) is 0 Å². The zero-order chi connectivity index (χ0) is 10.8. The first-order chi connectivity index (χ1) is 7.16. The van der Waals surface area contributed by atoms with Gasteiger partial charge in [0.05, 0.1) is 0 Å². The molecule has 1 aliphatic rings. The van der Waals surface area contributed by atoms with E-state index in [0.717, 1.165) is 12.8 Å². The molecular formula is C9H11N3O3. The second kappa shape index (κ2) is 3.72. The van der Waals surface area contributed by atoms with Crippen LogP contribution >= 0.6 is 0 Å². The number of carbonyl (C=O) groups is 2. The highest BCUT2D eigenvalue weighted by Gasteiger charge is 2.29. The van der Waals surface area contributed by atoms with Crippen molar-refractivity contribution >= 4 is 11.8 Å². The lowest BCUT2D eigenvalue weighted by Crippen LogP contribution is -2.42. The molecule has 0 aromatic carbocycles. The Labute approximate surface area is 86.0 Å². The summed E-state index contributed by atoms with van der Waals surface area (Å²) in [7, 11) is 0. The van der Waals surface area contributed by atoms with E-state index in [1.165, 1.54) is 6.26 Å². The fourth-order valence-corrected chi connectivity index (χ4v) is 1.10. The largest absolute Gasteiger partial charge is 0.448 e. The summed E-state index contributed by atoms with van der Waals surface area (Å²) in [5.41, 5.74) is 4.76. The van der Waals surface area contributed by atoms with Gasteiger partial charge in [0.25, 0.3) is 5.91 Å². The molecule has 0 unspecified atom stereocenters. The third-order valence-corrected chi connectivity index (χ3v) is 2.10. The van der Waals surface area contributed by atoms with Gasteiger partial charge in [-0.25, -0.2) is 4.98 Å². The van der Waals surface area contributed by atoms with E-state index in [1.54, 1.807) is 6.92 Å². The Morgan fingerprint density at radius 3 is 2.73 bits per heavy atom. The predicted octanol–water partition coefficient (Wildman–Crippen LogP) is 0.154. The third kappa shape index (κ3) is 2.34. The van der Waals surface area contributed by atoms with Crippen molar-refractivity contribution in [3.8, 4) is 0 Å². The highest BCUT2D eigenvalue weighted by molar-refractivity contribution is 5.93. The molecule has 1 aromatic rings. The molecule has 6 nitrogen and oxygen atoms in total. The van der Waals surface area contributed by atoms with Crippen LogP contribution in [0.3, 0.4) is 0 Å². The summed E-state index contributed by atoms with van der Waals surface area (Å²) in [6, 6.07) is 0. The Hall–Kier alpha value is -1.85. The van der Waals surface area contributed by atoms with Gasteiger partial charge in [0, 0.05) is 12.8 Å². The maximum Gasteiger partial charge on any atom is 0.291 e. The molecule has 0 aliphatic heterocycles. The van der Waals surface area contributed by atoms with Crippen molar-refractivity contribution in [2.24, 2.45) is 5.92 Å². The first kappa shape index (κ1) is 9.70. The maximum absolute atomic E-state index is 11.4. The highest BCUT2D eigenvalue weighted by atomic mass is 16.3. The minimum Gasteiger partial charge on any atom is -0.448 e. The lowest BCUT2D eigenvalue weighted by atomic mass is 10.4.